The number of hydrogen-bond acceptors (Lipinski definition) is 1. The highest BCUT2D eigenvalue weighted by Crippen LogP contribution is 2.29. The lowest BCUT2D eigenvalue weighted by atomic mass is 9.92. The van der Waals surface area contributed by atoms with Crippen LogP contribution in [-0.4, -0.2) is 0 Å². The van der Waals surface area contributed by atoms with Crippen LogP contribution in [0.25, 0.3) is 11.1 Å². The minimum Gasteiger partial charge on any atom is -0.368 e. The van der Waals surface area contributed by atoms with E-state index in [4.69, 9.17) is 0 Å². The zero-order valence-electron chi connectivity index (χ0n) is 11.3. The Kier molecular flexibility index (Phi) is 5.19. The van der Waals surface area contributed by atoms with Gasteiger partial charge in [0, 0.05) is 6.20 Å². The van der Waals surface area contributed by atoms with E-state index in [2.05, 4.69) is 44.1 Å². The second kappa shape index (κ2) is 6.65. The molecule has 0 aromatic heterocycles. The molecule has 0 atom stereocenters. The molecule has 0 saturated carbocycles. The van der Waals surface area contributed by atoms with Gasteiger partial charge in [-0.05, 0) is 41.8 Å². The van der Waals surface area contributed by atoms with E-state index in [0.717, 1.165) is 23.1 Å². The Bertz CT molecular complexity index is 492. The fourth-order valence-electron chi connectivity index (χ4n) is 1.79. The molecular formula is C17H21N. The van der Waals surface area contributed by atoms with Crippen LogP contribution in [0.4, 0.5) is 0 Å². The summed E-state index contributed by atoms with van der Waals surface area (Å²) >= 11 is 0. The molecule has 0 radical (unpaired) electrons. The zero-order valence-corrected chi connectivity index (χ0v) is 11.3. The average molecular weight is 239 g/mol. The summed E-state index contributed by atoms with van der Waals surface area (Å²) in [5.41, 5.74) is 5.55. The lowest BCUT2D eigenvalue weighted by Gasteiger charge is -2.14. The monoisotopic (exact) mass is 239 g/mol. The van der Waals surface area contributed by atoms with Gasteiger partial charge in [-0.25, -0.2) is 0 Å². The van der Waals surface area contributed by atoms with E-state index in [9.17, 15) is 0 Å². The summed E-state index contributed by atoms with van der Waals surface area (Å²) in [6, 6.07) is 8.27. The van der Waals surface area contributed by atoms with Gasteiger partial charge in [-0.1, -0.05) is 56.5 Å². The van der Waals surface area contributed by atoms with Gasteiger partial charge in [0.25, 0.3) is 0 Å². The summed E-state index contributed by atoms with van der Waals surface area (Å²) in [7, 11) is 0. The minimum atomic E-state index is 0.946. The molecule has 0 unspecified atom stereocenters. The van der Waals surface area contributed by atoms with Crippen molar-refractivity contribution in [3.63, 3.8) is 0 Å². The fourth-order valence-corrected chi connectivity index (χ4v) is 1.79. The van der Waals surface area contributed by atoms with Crippen LogP contribution >= 0.6 is 0 Å². The highest BCUT2D eigenvalue weighted by molar-refractivity contribution is 5.84. The van der Waals surface area contributed by atoms with Gasteiger partial charge in [0.2, 0.25) is 0 Å². The van der Waals surface area contributed by atoms with Crippen LogP contribution in [-0.2, 0) is 0 Å². The third kappa shape index (κ3) is 3.24. The predicted octanol–water partition coefficient (Wildman–Crippen LogP) is 4.76. The van der Waals surface area contributed by atoms with E-state index >= 15 is 0 Å². The Labute approximate surface area is 110 Å². The van der Waals surface area contributed by atoms with Crippen LogP contribution in [0.3, 0.4) is 0 Å². The molecule has 0 aliphatic heterocycles. The van der Waals surface area contributed by atoms with Crippen LogP contribution in [0.1, 0.15) is 31.4 Å². The van der Waals surface area contributed by atoms with E-state index in [0.29, 0.717) is 0 Å². The van der Waals surface area contributed by atoms with Gasteiger partial charge < -0.3 is 5.32 Å². The normalized spacial score (nSPS) is 10.9. The second-order valence-corrected chi connectivity index (χ2v) is 4.20. The molecule has 1 nitrogen and oxygen atoms in total. The average Bonchev–Trinajstić information content (AvgIpc) is 2.39. The van der Waals surface area contributed by atoms with Crippen LogP contribution in [0.15, 0.2) is 62.0 Å². The second-order valence-electron chi connectivity index (χ2n) is 4.20. The SMILES string of the molecule is C=CN/C=C(\CC)c1ccccc1C(=C)C(=C)C. The van der Waals surface area contributed by atoms with Crippen molar-refractivity contribution in [2.24, 2.45) is 0 Å². The number of allylic oxidation sites excluding steroid dienone is 3. The first-order chi connectivity index (χ1) is 8.61. The molecular weight excluding hydrogens is 218 g/mol. The predicted molar refractivity (Wildman–Crippen MR) is 81.9 cm³/mol. The van der Waals surface area contributed by atoms with Crippen LogP contribution in [0, 0.1) is 0 Å². The Morgan fingerprint density at radius 2 is 1.83 bits per heavy atom. The Balaban J connectivity index is 3.27. The van der Waals surface area contributed by atoms with Crippen LogP contribution in [0.5, 0.6) is 0 Å². The Morgan fingerprint density at radius 1 is 1.22 bits per heavy atom. The molecule has 1 heteroatoms. The highest BCUT2D eigenvalue weighted by Gasteiger charge is 2.08. The molecule has 0 bridgehead atoms. The van der Waals surface area contributed by atoms with E-state index in [-0.39, 0.29) is 0 Å². The first-order valence-corrected chi connectivity index (χ1v) is 6.12. The maximum Gasteiger partial charge on any atom is 0.00426 e. The quantitative estimate of drug-likeness (QED) is 0.706. The molecule has 94 valence electrons. The topological polar surface area (TPSA) is 12.0 Å². The van der Waals surface area contributed by atoms with Gasteiger partial charge in [0.05, 0.1) is 0 Å². The number of benzene rings is 1. The summed E-state index contributed by atoms with van der Waals surface area (Å²) in [5, 5.41) is 3.04. The summed E-state index contributed by atoms with van der Waals surface area (Å²) in [6.07, 6.45) is 4.60. The zero-order chi connectivity index (χ0) is 13.5. The molecule has 0 aliphatic carbocycles. The number of rotatable bonds is 6. The van der Waals surface area contributed by atoms with Gasteiger partial charge in [-0.3, -0.25) is 0 Å². The Hall–Kier alpha value is -2.02. The van der Waals surface area contributed by atoms with Crippen LogP contribution in [0.2, 0.25) is 0 Å². The van der Waals surface area contributed by atoms with Crippen molar-refractivity contribution < 1.29 is 0 Å². The lowest BCUT2D eigenvalue weighted by molar-refractivity contribution is 1.15. The standard InChI is InChI=1S/C17H21N/c1-6-15(12-18-7-2)17-11-9-8-10-16(17)14(5)13(3)4/h7-12,18H,2-3,5-6H2,1,4H3/b15-12+. The fraction of sp³-hybridized carbons (Fsp3) is 0.176. The van der Waals surface area contributed by atoms with Crippen molar-refractivity contribution in [2.75, 3.05) is 0 Å². The lowest BCUT2D eigenvalue weighted by Crippen LogP contribution is -1.98. The van der Waals surface area contributed by atoms with Gasteiger partial charge in [0.15, 0.2) is 0 Å². The van der Waals surface area contributed by atoms with Crippen molar-refractivity contribution in [2.45, 2.75) is 20.3 Å². The van der Waals surface area contributed by atoms with E-state index < -0.39 is 0 Å². The van der Waals surface area contributed by atoms with Crippen molar-refractivity contribution in [1.29, 1.82) is 0 Å². The molecule has 0 heterocycles. The molecule has 0 aliphatic rings. The first kappa shape index (κ1) is 14.0. The molecule has 1 aromatic rings. The molecule has 1 aromatic carbocycles. The first-order valence-electron chi connectivity index (χ1n) is 6.12. The Morgan fingerprint density at radius 3 is 2.33 bits per heavy atom. The summed E-state index contributed by atoms with van der Waals surface area (Å²) in [5.74, 6) is 0. The molecule has 0 amide bonds. The van der Waals surface area contributed by atoms with Crippen molar-refractivity contribution in [1.82, 2.24) is 5.32 Å². The maximum atomic E-state index is 4.11. The summed E-state index contributed by atoms with van der Waals surface area (Å²) < 4.78 is 0. The minimum absolute atomic E-state index is 0.946. The van der Waals surface area contributed by atoms with Crippen molar-refractivity contribution >= 4 is 11.1 Å². The third-order valence-corrected chi connectivity index (χ3v) is 2.87. The molecule has 1 rings (SSSR count). The van der Waals surface area contributed by atoms with Gasteiger partial charge in [-0.15, -0.1) is 0 Å². The van der Waals surface area contributed by atoms with Gasteiger partial charge in [0.1, 0.15) is 0 Å². The smallest absolute Gasteiger partial charge is 0.00426 e. The highest BCUT2D eigenvalue weighted by atomic mass is 14.8. The third-order valence-electron chi connectivity index (χ3n) is 2.87. The van der Waals surface area contributed by atoms with Crippen molar-refractivity contribution in [3.8, 4) is 0 Å². The molecule has 1 N–H and O–H groups in total. The maximum absolute atomic E-state index is 4.11. The van der Waals surface area contributed by atoms with Crippen molar-refractivity contribution in [3.05, 3.63) is 73.1 Å². The molecule has 0 saturated heterocycles. The molecule has 0 fully saturated rings. The molecule has 0 spiro atoms. The summed E-state index contributed by atoms with van der Waals surface area (Å²) in [6.45, 7) is 15.9. The summed E-state index contributed by atoms with van der Waals surface area (Å²) in [4.78, 5) is 0. The van der Waals surface area contributed by atoms with E-state index in [1.54, 1.807) is 6.20 Å². The number of hydrogen-bond donors (Lipinski definition) is 1. The van der Waals surface area contributed by atoms with E-state index in [1.807, 2.05) is 25.3 Å². The van der Waals surface area contributed by atoms with E-state index in [1.165, 1.54) is 11.1 Å². The molecule has 18 heavy (non-hydrogen) atoms. The van der Waals surface area contributed by atoms with Gasteiger partial charge >= 0.3 is 0 Å². The largest absolute Gasteiger partial charge is 0.368 e. The van der Waals surface area contributed by atoms with Gasteiger partial charge in [-0.2, -0.15) is 0 Å². The number of nitrogens with one attached hydrogen (secondary N) is 1. The van der Waals surface area contributed by atoms with Crippen LogP contribution < -0.4 is 5.32 Å².